The Morgan fingerprint density at radius 2 is 2.04 bits per heavy atom. The minimum atomic E-state index is -3.47. The third-order valence-electron chi connectivity index (χ3n) is 4.10. The van der Waals surface area contributed by atoms with Gasteiger partial charge in [0, 0.05) is 38.7 Å². The summed E-state index contributed by atoms with van der Waals surface area (Å²) < 4.78 is 38.3. The molecule has 1 aromatic rings. The van der Waals surface area contributed by atoms with Gasteiger partial charge in [0.2, 0.25) is 10.0 Å². The monoisotopic (exact) mass is 344 g/mol. The molecule has 0 saturated carbocycles. The lowest BCUT2D eigenvalue weighted by atomic mass is 10.1. The van der Waals surface area contributed by atoms with E-state index in [1.54, 1.807) is 6.92 Å². The van der Waals surface area contributed by atoms with E-state index in [2.05, 4.69) is 0 Å². The van der Waals surface area contributed by atoms with Crippen molar-refractivity contribution in [3.05, 3.63) is 35.1 Å². The molecule has 1 N–H and O–H groups in total. The number of hydrogen-bond acceptors (Lipinski definition) is 4. The van der Waals surface area contributed by atoms with E-state index in [1.165, 1.54) is 31.1 Å². The van der Waals surface area contributed by atoms with E-state index in [9.17, 15) is 22.7 Å². The fourth-order valence-electron chi connectivity index (χ4n) is 2.60. The van der Waals surface area contributed by atoms with Crippen LogP contribution in [0.1, 0.15) is 15.9 Å². The van der Waals surface area contributed by atoms with Gasteiger partial charge in [-0.25, -0.2) is 17.1 Å². The topological polar surface area (TPSA) is 77.9 Å². The van der Waals surface area contributed by atoms with E-state index in [-0.39, 0.29) is 24.4 Å². The first-order chi connectivity index (χ1) is 10.6. The summed E-state index contributed by atoms with van der Waals surface area (Å²) in [5, 5.41) is 10.1. The number of aliphatic hydroxyl groups is 1. The number of hydrogen-bond donors (Lipinski definition) is 1. The van der Waals surface area contributed by atoms with Crippen molar-refractivity contribution in [3.63, 3.8) is 0 Å². The van der Waals surface area contributed by atoms with Crippen molar-refractivity contribution >= 4 is 15.9 Å². The van der Waals surface area contributed by atoms with E-state index in [4.69, 9.17) is 0 Å². The molecule has 1 fully saturated rings. The highest BCUT2D eigenvalue weighted by Gasteiger charge is 2.37. The van der Waals surface area contributed by atoms with Crippen LogP contribution in [0.4, 0.5) is 4.39 Å². The van der Waals surface area contributed by atoms with E-state index in [1.807, 2.05) is 0 Å². The van der Waals surface area contributed by atoms with E-state index >= 15 is 0 Å². The number of benzene rings is 1. The third-order valence-corrected chi connectivity index (χ3v) is 6.07. The number of nitrogens with zero attached hydrogens (tertiary/aromatic N) is 2. The highest BCUT2D eigenvalue weighted by Crippen LogP contribution is 2.23. The van der Waals surface area contributed by atoms with Crippen LogP contribution in [0.5, 0.6) is 0 Å². The summed E-state index contributed by atoms with van der Waals surface area (Å²) in [5.41, 5.74) is 0.864. The number of carbonyl (C=O) groups is 1. The number of carbonyl (C=O) groups excluding carboxylic acids is 1. The summed E-state index contributed by atoms with van der Waals surface area (Å²) in [5.74, 6) is -1.69. The maximum atomic E-state index is 13.4. The number of β-amino-alcohol motifs (C(OH)–C–C–N with tert-alkyl or cyclic N) is 1. The zero-order chi connectivity index (χ0) is 17.4. The zero-order valence-corrected chi connectivity index (χ0v) is 14.2. The predicted molar refractivity (Wildman–Crippen MR) is 84.0 cm³/mol. The summed E-state index contributed by atoms with van der Waals surface area (Å²) >= 11 is 0. The van der Waals surface area contributed by atoms with Crippen molar-refractivity contribution in [3.8, 4) is 0 Å². The summed E-state index contributed by atoms with van der Waals surface area (Å²) in [7, 11) is -0.615. The Balaban J connectivity index is 2.15. The van der Waals surface area contributed by atoms with Gasteiger partial charge in [0.25, 0.3) is 5.91 Å². The molecule has 0 bridgehead atoms. The first-order valence-corrected chi connectivity index (χ1v) is 8.86. The van der Waals surface area contributed by atoms with Crippen molar-refractivity contribution in [2.24, 2.45) is 5.92 Å². The Kier molecular flexibility index (Phi) is 5.07. The molecule has 6 nitrogen and oxygen atoms in total. The number of aliphatic hydroxyl groups excluding tert-OH is 1. The minimum Gasteiger partial charge on any atom is -0.391 e. The molecule has 1 aliphatic heterocycles. The van der Waals surface area contributed by atoms with Crippen molar-refractivity contribution in [1.29, 1.82) is 0 Å². The Hall–Kier alpha value is -1.51. The molecule has 128 valence electrons. The van der Waals surface area contributed by atoms with Gasteiger partial charge in [-0.1, -0.05) is 6.07 Å². The molecule has 1 heterocycles. The number of halogens is 1. The van der Waals surface area contributed by atoms with Crippen LogP contribution in [0.2, 0.25) is 0 Å². The standard InChI is InChI=1S/C15H21FN2O4S/c1-10-4-5-12(16)6-13(10)15(20)18-7-11(14(19)8-18)9-23(21,22)17(2)3/h4-6,11,14,19H,7-9H2,1-3H3/t11-,14+/m0/s1. The maximum absolute atomic E-state index is 13.4. The first-order valence-electron chi connectivity index (χ1n) is 7.25. The number of aryl methyl sites for hydroxylation is 1. The van der Waals surface area contributed by atoms with Gasteiger partial charge in [0.15, 0.2) is 0 Å². The second kappa shape index (κ2) is 6.54. The zero-order valence-electron chi connectivity index (χ0n) is 13.4. The maximum Gasteiger partial charge on any atom is 0.254 e. The van der Waals surface area contributed by atoms with Crippen molar-refractivity contribution in [1.82, 2.24) is 9.21 Å². The molecule has 1 aliphatic rings. The number of likely N-dealkylation sites (tertiary alicyclic amines) is 1. The number of sulfonamides is 1. The molecule has 23 heavy (non-hydrogen) atoms. The van der Waals surface area contributed by atoms with Gasteiger partial charge < -0.3 is 10.0 Å². The predicted octanol–water partition coefficient (Wildman–Crippen LogP) is 0.458. The Morgan fingerprint density at radius 3 is 2.65 bits per heavy atom. The van der Waals surface area contributed by atoms with Crippen molar-refractivity contribution in [2.75, 3.05) is 32.9 Å². The van der Waals surface area contributed by atoms with Crippen molar-refractivity contribution < 1.29 is 22.7 Å². The van der Waals surface area contributed by atoms with E-state index < -0.39 is 33.8 Å². The number of rotatable bonds is 4. The smallest absolute Gasteiger partial charge is 0.254 e. The molecule has 1 amide bonds. The lowest BCUT2D eigenvalue weighted by molar-refractivity contribution is 0.0763. The summed E-state index contributed by atoms with van der Waals surface area (Å²) in [6.45, 7) is 1.87. The fourth-order valence-corrected chi connectivity index (χ4v) is 3.77. The van der Waals surface area contributed by atoms with Crippen LogP contribution in [0.3, 0.4) is 0 Å². The normalized spacial score (nSPS) is 21.9. The van der Waals surface area contributed by atoms with Crippen LogP contribution in [-0.4, -0.2) is 67.7 Å². The lowest BCUT2D eigenvalue weighted by Gasteiger charge is -2.18. The molecule has 0 radical (unpaired) electrons. The molecule has 0 unspecified atom stereocenters. The first kappa shape index (κ1) is 17.8. The molecule has 2 atom stereocenters. The molecule has 0 aromatic heterocycles. The van der Waals surface area contributed by atoms with Crippen LogP contribution in [0, 0.1) is 18.7 Å². The van der Waals surface area contributed by atoms with Gasteiger partial charge in [-0.15, -0.1) is 0 Å². The summed E-state index contributed by atoms with van der Waals surface area (Å²) in [4.78, 5) is 13.9. The highest BCUT2D eigenvalue weighted by atomic mass is 32.2. The van der Waals surface area contributed by atoms with Gasteiger partial charge >= 0.3 is 0 Å². The second-order valence-electron chi connectivity index (χ2n) is 6.06. The van der Waals surface area contributed by atoms with Gasteiger partial charge in [0.05, 0.1) is 11.9 Å². The molecule has 1 aromatic carbocycles. The lowest BCUT2D eigenvalue weighted by Crippen LogP contribution is -2.33. The van der Waals surface area contributed by atoms with Crippen LogP contribution < -0.4 is 0 Å². The van der Waals surface area contributed by atoms with Crippen LogP contribution >= 0.6 is 0 Å². The number of amides is 1. The fraction of sp³-hybridized carbons (Fsp3) is 0.533. The largest absolute Gasteiger partial charge is 0.391 e. The van der Waals surface area contributed by atoms with Gasteiger partial charge in [0.1, 0.15) is 5.82 Å². The second-order valence-corrected chi connectivity index (χ2v) is 8.29. The molecule has 0 spiro atoms. The Labute approximate surface area is 135 Å². The van der Waals surface area contributed by atoms with E-state index in [0.717, 1.165) is 10.4 Å². The van der Waals surface area contributed by atoms with Crippen LogP contribution in [0.25, 0.3) is 0 Å². The molecule has 2 rings (SSSR count). The SMILES string of the molecule is Cc1ccc(F)cc1C(=O)N1C[C@@H](CS(=O)(=O)N(C)C)[C@H](O)C1. The molecule has 8 heteroatoms. The quantitative estimate of drug-likeness (QED) is 0.861. The molecule has 0 aliphatic carbocycles. The summed E-state index contributed by atoms with van der Waals surface area (Å²) in [6.07, 6.45) is -0.914. The van der Waals surface area contributed by atoms with Crippen LogP contribution in [0.15, 0.2) is 18.2 Å². The Morgan fingerprint density at radius 1 is 1.39 bits per heavy atom. The van der Waals surface area contributed by atoms with E-state index in [0.29, 0.717) is 5.56 Å². The molecular weight excluding hydrogens is 323 g/mol. The van der Waals surface area contributed by atoms with Gasteiger partial charge in [-0.2, -0.15) is 0 Å². The average molecular weight is 344 g/mol. The summed E-state index contributed by atoms with van der Waals surface area (Å²) in [6, 6.07) is 3.95. The Bertz CT molecular complexity index is 705. The van der Waals surface area contributed by atoms with Crippen LogP contribution in [-0.2, 0) is 10.0 Å². The molecule has 1 saturated heterocycles. The highest BCUT2D eigenvalue weighted by molar-refractivity contribution is 7.89. The average Bonchev–Trinajstić information content (AvgIpc) is 2.81. The molecular formula is C15H21FN2O4S. The third kappa shape index (κ3) is 3.88. The van der Waals surface area contributed by atoms with Crippen molar-refractivity contribution in [2.45, 2.75) is 13.0 Å². The van der Waals surface area contributed by atoms with Gasteiger partial charge in [-0.3, -0.25) is 4.79 Å². The van der Waals surface area contributed by atoms with Gasteiger partial charge in [-0.05, 0) is 24.6 Å². The minimum absolute atomic E-state index is 0.0440.